The molecule has 0 spiro atoms. The second kappa shape index (κ2) is 9.80. The highest BCUT2D eigenvalue weighted by molar-refractivity contribution is 7.92. The maximum absolute atomic E-state index is 13.0. The van der Waals surface area contributed by atoms with Crippen LogP contribution in [0.2, 0.25) is 0 Å². The Morgan fingerprint density at radius 1 is 0.788 bits per heavy atom. The van der Waals surface area contributed by atoms with Crippen molar-refractivity contribution in [2.24, 2.45) is 0 Å². The van der Waals surface area contributed by atoms with E-state index in [-0.39, 0.29) is 40.0 Å². The van der Waals surface area contributed by atoms with Crippen molar-refractivity contribution in [3.05, 3.63) is 54.1 Å². The van der Waals surface area contributed by atoms with Crippen molar-refractivity contribution in [1.82, 2.24) is 9.21 Å². The van der Waals surface area contributed by atoms with Gasteiger partial charge >= 0.3 is 0 Å². The number of anilines is 1. The molecule has 0 aromatic heterocycles. The largest absolute Gasteiger partial charge is 0.379 e. The molecule has 1 N–H and O–H groups in total. The third-order valence-corrected chi connectivity index (χ3v) is 9.08. The molecule has 11 heteroatoms. The third-order valence-electron chi connectivity index (χ3n) is 5.79. The molecule has 178 valence electrons. The van der Waals surface area contributed by atoms with Crippen molar-refractivity contribution < 1.29 is 26.4 Å². The van der Waals surface area contributed by atoms with Crippen LogP contribution in [0.1, 0.15) is 29.6 Å². The molecule has 0 atom stereocenters. The van der Waals surface area contributed by atoms with Crippen molar-refractivity contribution in [3.63, 3.8) is 0 Å². The number of benzene rings is 2. The zero-order chi connectivity index (χ0) is 23.5. The summed E-state index contributed by atoms with van der Waals surface area (Å²) in [5.74, 6) is -0.208. The smallest absolute Gasteiger partial charge is 0.261 e. The van der Waals surface area contributed by atoms with Crippen molar-refractivity contribution >= 4 is 31.6 Å². The number of nitrogens with zero attached hydrogens (tertiary/aromatic N) is 2. The van der Waals surface area contributed by atoms with Gasteiger partial charge in [-0.05, 0) is 55.7 Å². The summed E-state index contributed by atoms with van der Waals surface area (Å²) < 4.78 is 60.6. The predicted octanol–water partition coefficient (Wildman–Crippen LogP) is 2.13. The highest BCUT2D eigenvalue weighted by Crippen LogP contribution is 2.24. The first-order chi connectivity index (χ1) is 15.8. The minimum Gasteiger partial charge on any atom is -0.379 e. The van der Waals surface area contributed by atoms with Gasteiger partial charge in [0.1, 0.15) is 0 Å². The lowest BCUT2D eigenvalue weighted by molar-refractivity contribution is 0.0725. The molecule has 9 nitrogen and oxygen atoms in total. The second-order valence-corrected chi connectivity index (χ2v) is 11.6. The van der Waals surface area contributed by atoms with Gasteiger partial charge in [0.25, 0.3) is 15.9 Å². The summed E-state index contributed by atoms with van der Waals surface area (Å²) >= 11 is 0. The average molecular weight is 494 g/mol. The number of likely N-dealkylation sites (tertiary alicyclic amines) is 1. The van der Waals surface area contributed by atoms with E-state index in [1.54, 1.807) is 29.2 Å². The van der Waals surface area contributed by atoms with Gasteiger partial charge < -0.3 is 9.64 Å². The molecule has 2 aliphatic rings. The summed E-state index contributed by atoms with van der Waals surface area (Å²) in [5.41, 5.74) is 0.479. The Morgan fingerprint density at radius 3 is 2.06 bits per heavy atom. The Kier molecular flexibility index (Phi) is 7.03. The maximum Gasteiger partial charge on any atom is 0.261 e. The summed E-state index contributed by atoms with van der Waals surface area (Å²) in [5, 5.41) is 0. The third kappa shape index (κ3) is 5.21. The number of morpholine rings is 1. The summed E-state index contributed by atoms with van der Waals surface area (Å²) in [6, 6.07) is 11.6. The minimum atomic E-state index is -4.04. The lowest BCUT2D eigenvalue weighted by Crippen LogP contribution is -2.40. The van der Waals surface area contributed by atoms with Crippen LogP contribution < -0.4 is 4.72 Å². The number of carbonyl (C=O) groups is 1. The summed E-state index contributed by atoms with van der Waals surface area (Å²) in [6.45, 7) is 2.46. The molecule has 2 aromatic carbocycles. The molecule has 4 rings (SSSR count). The normalized spacial score (nSPS) is 18.1. The zero-order valence-corrected chi connectivity index (χ0v) is 19.8. The van der Waals surface area contributed by atoms with Gasteiger partial charge in [-0.1, -0.05) is 12.1 Å². The van der Waals surface area contributed by atoms with E-state index in [9.17, 15) is 21.6 Å². The fourth-order valence-electron chi connectivity index (χ4n) is 3.96. The summed E-state index contributed by atoms with van der Waals surface area (Å²) in [6.07, 6.45) is 2.94. The minimum absolute atomic E-state index is 0.0176. The van der Waals surface area contributed by atoms with Crippen LogP contribution in [0.4, 0.5) is 5.69 Å². The first-order valence-electron chi connectivity index (χ1n) is 10.9. The van der Waals surface area contributed by atoms with E-state index in [1.807, 2.05) is 0 Å². The Balaban J connectivity index is 1.54. The number of rotatable bonds is 6. The van der Waals surface area contributed by atoms with Gasteiger partial charge in [0, 0.05) is 26.2 Å². The van der Waals surface area contributed by atoms with E-state index < -0.39 is 20.0 Å². The van der Waals surface area contributed by atoms with Gasteiger partial charge in [-0.15, -0.1) is 0 Å². The number of piperidine rings is 1. The van der Waals surface area contributed by atoms with Gasteiger partial charge in [0.15, 0.2) is 0 Å². The quantitative estimate of drug-likeness (QED) is 0.660. The number of hydrogen-bond acceptors (Lipinski definition) is 6. The van der Waals surface area contributed by atoms with Crippen LogP contribution in [0.15, 0.2) is 58.3 Å². The number of sulfonamides is 2. The molecule has 2 heterocycles. The predicted molar refractivity (Wildman–Crippen MR) is 123 cm³/mol. The Morgan fingerprint density at radius 2 is 1.39 bits per heavy atom. The van der Waals surface area contributed by atoms with Gasteiger partial charge in [0.2, 0.25) is 10.0 Å². The molecule has 2 fully saturated rings. The molecular formula is C22H27N3O6S2. The van der Waals surface area contributed by atoms with Crippen LogP contribution in [0, 0.1) is 0 Å². The fourth-order valence-corrected chi connectivity index (χ4v) is 6.44. The van der Waals surface area contributed by atoms with Crippen LogP contribution in [-0.4, -0.2) is 71.3 Å². The molecule has 2 saturated heterocycles. The second-order valence-electron chi connectivity index (χ2n) is 7.99. The summed E-state index contributed by atoms with van der Waals surface area (Å²) in [4.78, 5) is 14.6. The molecular weight excluding hydrogens is 466 g/mol. The van der Waals surface area contributed by atoms with Crippen LogP contribution in [0.5, 0.6) is 0 Å². The maximum atomic E-state index is 13.0. The number of carbonyl (C=O) groups excluding carboxylic acids is 1. The first-order valence-corrected chi connectivity index (χ1v) is 13.8. The number of para-hydroxylation sites is 1. The molecule has 2 aromatic rings. The molecule has 2 aliphatic heterocycles. The van der Waals surface area contributed by atoms with Crippen LogP contribution in [-0.2, 0) is 24.8 Å². The van der Waals surface area contributed by atoms with Gasteiger partial charge in [-0.2, -0.15) is 4.31 Å². The Bertz CT molecular complexity index is 1200. The highest BCUT2D eigenvalue weighted by atomic mass is 32.2. The van der Waals surface area contributed by atoms with Crippen LogP contribution >= 0.6 is 0 Å². The zero-order valence-electron chi connectivity index (χ0n) is 18.1. The van der Waals surface area contributed by atoms with E-state index in [0.29, 0.717) is 26.3 Å². The standard InChI is InChI=1S/C22H27N3O6S2/c26-22(24-12-4-1-5-13-24)20-6-2-3-7-21(20)23-32(27,28)18-8-10-19(11-9-18)33(29,30)25-14-16-31-17-15-25/h2-3,6-11,23H,1,4-5,12-17H2. The van der Waals surface area contributed by atoms with Crippen LogP contribution in [0.25, 0.3) is 0 Å². The molecule has 1 amide bonds. The SMILES string of the molecule is O=C(c1ccccc1NS(=O)(=O)c1ccc(S(=O)(=O)N2CCOCC2)cc1)N1CCCCC1. The fraction of sp³-hybridized carbons (Fsp3) is 0.409. The van der Waals surface area contributed by atoms with E-state index in [4.69, 9.17) is 4.74 Å². The average Bonchev–Trinajstić information content (AvgIpc) is 2.85. The molecule has 0 bridgehead atoms. The number of hydrogen-bond donors (Lipinski definition) is 1. The molecule has 0 aliphatic carbocycles. The topological polar surface area (TPSA) is 113 Å². The summed E-state index contributed by atoms with van der Waals surface area (Å²) in [7, 11) is -7.76. The van der Waals surface area contributed by atoms with Crippen molar-refractivity contribution in [3.8, 4) is 0 Å². The van der Waals surface area contributed by atoms with E-state index >= 15 is 0 Å². The number of ether oxygens (including phenoxy) is 1. The Labute approximate surface area is 194 Å². The van der Waals surface area contributed by atoms with Crippen molar-refractivity contribution in [2.75, 3.05) is 44.1 Å². The monoisotopic (exact) mass is 493 g/mol. The van der Waals surface area contributed by atoms with Gasteiger partial charge in [0.05, 0.1) is 34.3 Å². The van der Waals surface area contributed by atoms with Crippen molar-refractivity contribution in [2.45, 2.75) is 29.1 Å². The Hall–Kier alpha value is -2.47. The lowest BCUT2D eigenvalue weighted by atomic mass is 10.1. The molecule has 0 radical (unpaired) electrons. The molecule has 33 heavy (non-hydrogen) atoms. The van der Waals surface area contributed by atoms with Gasteiger partial charge in [-0.3, -0.25) is 9.52 Å². The van der Waals surface area contributed by atoms with E-state index in [1.165, 1.54) is 28.6 Å². The van der Waals surface area contributed by atoms with E-state index in [0.717, 1.165) is 19.3 Å². The molecule has 0 unspecified atom stereocenters. The van der Waals surface area contributed by atoms with Crippen LogP contribution in [0.3, 0.4) is 0 Å². The number of nitrogens with one attached hydrogen (secondary N) is 1. The van der Waals surface area contributed by atoms with E-state index in [2.05, 4.69) is 4.72 Å². The van der Waals surface area contributed by atoms with Crippen molar-refractivity contribution in [1.29, 1.82) is 0 Å². The molecule has 0 saturated carbocycles. The first kappa shape index (κ1) is 23.7. The van der Waals surface area contributed by atoms with Gasteiger partial charge in [-0.25, -0.2) is 16.8 Å². The lowest BCUT2D eigenvalue weighted by Gasteiger charge is -2.27. The highest BCUT2D eigenvalue weighted by Gasteiger charge is 2.27. The number of amides is 1.